The molecule has 1 heterocycles. The normalized spacial score (nSPS) is 16.8. The number of benzene rings is 1. The van der Waals surface area contributed by atoms with E-state index in [1.165, 1.54) is 5.69 Å². The molecule has 0 radical (unpaired) electrons. The van der Waals surface area contributed by atoms with Gasteiger partial charge in [-0.3, -0.25) is 4.99 Å². The monoisotopic (exact) mass is 389 g/mol. The summed E-state index contributed by atoms with van der Waals surface area (Å²) >= 11 is 0. The third-order valence-electron chi connectivity index (χ3n) is 5.65. The van der Waals surface area contributed by atoms with Gasteiger partial charge in [0.2, 0.25) is 0 Å². The highest BCUT2D eigenvalue weighted by Gasteiger charge is 2.34. The molecular weight excluding hydrogens is 350 g/mol. The van der Waals surface area contributed by atoms with Gasteiger partial charge in [-0.15, -0.1) is 0 Å². The third kappa shape index (κ3) is 6.67. The lowest BCUT2D eigenvalue weighted by Crippen LogP contribution is -2.51. The first kappa shape index (κ1) is 22.5. The number of aliphatic imine (C=N–C) groups is 1. The van der Waals surface area contributed by atoms with Gasteiger partial charge in [-0.05, 0) is 59.3 Å². The summed E-state index contributed by atoms with van der Waals surface area (Å²) in [5.74, 6) is 0.915. The summed E-state index contributed by atoms with van der Waals surface area (Å²) in [5, 5.41) is 6.90. The van der Waals surface area contributed by atoms with Gasteiger partial charge in [0.25, 0.3) is 0 Å². The van der Waals surface area contributed by atoms with Gasteiger partial charge >= 0.3 is 0 Å². The number of hydrogen-bond donors (Lipinski definition) is 2. The number of likely N-dealkylation sites (N-methyl/N-ethyl adjacent to an activating group) is 1. The molecule has 6 heteroatoms. The van der Waals surface area contributed by atoms with Crippen LogP contribution in [0.4, 0.5) is 5.69 Å². The Hall–Kier alpha value is -1.79. The molecule has 0 unspecified atom stereocenters. The number of nitrogens with zero attached hydrogens (tertiary/aromatic N) is 3. The fourth-order valence-corrected chi connectivity index (χ4v) is 3.65. The Kier molecular flexibility index (Phi) is 9.58. The molecule has 1 aromatic rings. The number of para-hydroxylation sites is 1. The van der Waals surface area contributed by atoms with Crippen LogP contribution in [0.1, 0.15) is 33.1 Å². The van der Waals surface area contributed by atoms with E-state index in [2.05, 4.69) is 78.7 Å². The Balaban J connectivity index is 1.85. The maximum Gasteiger partial charge on any atom is 0.191 e. The minimum Gasteiger partial charge on any atom is -0.381 e. The third-order valence-corrected chi connectivity index (χ3v) is 5.65. The molecule has 1 aliphatic rings. The largest absolute Gasteiger partial charge is 0.381 e. The number of ether oxygens (including phenoxy) is 1. The van der Waals surface area contributed by atoms with Crippen molar-refractivity contribution in [2.75, 3.05) is 64.9 Å². The van der Waals surface area contributed by atoms with Gasteiger partial charge in [0.1, 0.15) is 0 Å². The van der Waals surface area contributed by atoms with Crippen LogP contribution >= 0.6 is 0 Å². The minimum absolute atomic E-state index is 0.104. The highest BCUT2D eigenvalue weighted by molar-refractivity contribution is 5.79. The second kappa shape index (κ2) is 11.9. The highest BCUT2D eigenvalue weighted by Crippen LogP contribution is 2.26. The predicted molar refractivity (Wildman–Crippen MR) is 119 cm³/mol. The zero-order valence-electron chi connectivity index (χ0n) is 18.2. The summed E-state index contributed by atoms with van der Waals surface area (Å²) < 4.78 is 5.57. The molecule has 1 saturated heterocycles. The van der Waals surface area contributed by atoms with E-state index < -0.39 is 0 Å². The van der Waals surface area contributed by atoms with Crippen molar-refractivity contribution in [1.29, 1.82) is 0 Å². The van der Waals surface area contributed by atoms with Crippen LogP contribution in [0, 0.1) is 0 Å². The topological polar surface area (TPSA) is 52.1 Å². The van der Waals surface area contributed by atoms with Gasteiger partial charge in [0, 0.05) is 50.6 Å². The average Bonchev–Trinajstić information content (AvgIpc) is 2.73. The minimum atomic E-state index is 0.104. The smallest absolute Gasteiger partial charge is 0.191 e. The van der Waals surface area contributed by atoms with Crippen molar-refractivity contribution in [3.63, 3.8) is 0 Å². The summed E-state index contributed by atoms with van der Waals surface area (Å²) in [6, 6.07) is 10.6. The Bertz CT molecular complexity index is 570. The molecule has 0 spiro atoms. The molecular formula is C22H39N5O. The van der Waals surface area contributed by atoms with Crippen LogP contribution < -0.4 is 15.5 Å². The second-order valence-corrected chi connectivity index (χ2v) is 7.62. The van der Waals surface area contributed by atoms with E-state index in [0.717, 1.165) is 71.2 Å². The average molecular weight is 390 g/mol. The van der Waals surface area contributed by atoms with Crippen molar-refractivity contribution in [1.82, 2.24) is 15.5 Å². The SMILES string of the molecule is CCNC(=NCC1(N(C)C)CCOCC1)NCCCN(CC)c1ccccc1. The number of hydrogen-bond acceptors (Lipinski definition) is 4. The number of anilines is 1. The number of guanidine groups is 1. The summed E-state index contributed by atoms with van der Waals surface area (Å²) in [5.41, 5.74) is 1.39. The maximum atomic E-state index is 5.57. The lowest BCUT2D eigenvalue weighted by molar-refractivity contribution is -0.00254. The molecule has 1 fully saturated rings. The fourth-order valence-electron chi connectivity index (χ4n) is 3.65. The lowest BCUT2D eigenvalue weighted by Gasteiger charge is -2.41. The van der Waals surface area contributed by atoms with Gasteiger partial charge in [0.05, 0.1) is 6.54 Å². The van der Waals surface area contributed by atoms with Gasteiger partial charge in [-0.2, -0.15) is 0 Å². The molecule has 158 valence electrons. The Morgan fingerprint density at radius 1 is 1.11 bits per heavy atom. The van der Waals surface area contributed by atoms with Crippen molar-refractivity contribution in [2.24, 2.45) is 4.99 Å². The van der Waals surface area contributed by atoms with E-state index in [1.54, 1.807) is 0 Å². The molecule has 0 bridgehead atoms. The Morgan fingerprint density at radius 2 is 1.82 bits per heavy atom. The zero-order chi connectivity index (χ0) is 20.2. The zero-order valence-corrected chi connectivity index (χ0v) is 18.2. The molecule has 2 rings (SSSR count). The van der Waals surface area contributed by atoms with Crippen molar-refractivity contribution in [3.05, 3.63) is 30.3 Å². The number of nitrogens with one attached hydrogen (secondary N) is 2. The van der Waals surface area contributed by atoms with Crippen molar-refractivity contribution in [2.45, 2.75) is 38.6 Å². The van der Waals surface area contributed by atoms with E-state index >= 15 is 0 Å². The van der Waals surface area contributed by atoms with Gasteiger partial charge in [-0.1, -0.05) is 18.2 Å². The van der Waals surface area contributed by atoms with Crippen LogP contribution in [-0.4, -0.2) is 76.4 Å². The Labute approximate surface area is 171 Å². The molecule has 0 amide bonds. The van der Waals surface area contributed by atoms with E-state index in [-0.39, 0.29) is 5.54 Å². The van der Waals surface area contributed by atoms with E-state index in [9.17, 15) is 0 Å². The first-order valence-corrected chi connectivity index (χ1v) is 10.7. The first-order valence-electron chi connectivity index (χ1n) is 10.7. The van der Waals surface area contributed by atoms with Crippen LogP contribution in [0.5, 0.6) is 0 Å². The predicted octanol–water partition coefficient (Wildman–Crippen LogP) is 2.57. The quantitative estimate of drug-likeness (QED) is 0.366. The molecule has 6 nitrogen and oxygen atoms in total. The molecule has 0 aromatic heterocycles. The number of rotatable bonds is 10. The molecule has 2 N–H and O–H groups in total. The summed E-state index contributed by atoms with van der Waals surface area (Å²) in [4.78, 5) is 9.64. The van der Waals surface area contributed by atoms with Gasteiger partial charge in [0.15, 0.2) is 5.96 Å². The second-order valence-electron chi connectivity index (χ2n) is 7.62. The highest BCUT2D eigenvalue weighted by atomic mass is 16.5. The molecule has 28 heavy (non-hydrogen) atoms. The van der Waals surface area contributed by atoms with Crippen LogP contribution in [-0.2, 0) is 4.74 Å². The van der Waals surface area contributed by atoms with E-state index in [4.69, 9.17) is 9.73 Å². The standard InChI is InChI=1S/C22H39N5O/c1-5-23-21(25-19-22(26(3)4)13-17-28-18-14-22)24-15-10-16-27(6-2)20-11-8-7-9-12-20/h7-9,11-12H,5-6,10,13-19H2,1-4H3,(H2,23,24,25). The van der Waals surface area contributed by atoms with Crippen molar-refractivity contribution in [3.8, 4) is 0 Å². The van der Waals surface area contributed by atoms with Gasteiger partial charge in [-0.25, -0.2) is 0 Å². The summed E-state index contributed by atoms with van der Waals surface area (Å²) in [7, 11) is 4.31. The summed E-state index contributed by atoms with van der Waals surface area (Å²) in [6.45, 7) is 10.6. The molecule has 1 aromatic carbocycles. The van der Waals surface area contributed by atoms with Crippen LogP contribution in [0.25, 0.3) is 0 Å². The maximum absolute atomic E-state index is 5.57. The molecule has 0 aliphatic carbocycles. The van der Waals surface area contributed by atoms with E-state index in [0.29, 0.717) is 0 Å². The molecule has 1 aliphatic heterocycles. The first-order chi connectivity index (χ1) is 13.6. The van der Waals surface area contributed by atoms with Gasteiger partial charge < -0.3 is 25.2 Å². The lowest BCUT2D eigenvalue weighted by atomic mass is 9.89. The van der Waals surface area contributed by atoms with Crippen LogP contribution in [0.15, 0.2) is 35.3 Å². The van der Waals surface area contributed by atoms with Crippen LogP contribution in [0.3, 0.4) is 0 Å². The van der Waals surface area contributed by atoms with Crippen molar-refractivity contribution < 1.29 is 4.74 Å². The molecule has 0 atom stereocenters. The van der Waals surface area contributed by atoms with Crippen LogP contribution in [0.2, 0.25) is 0 Å². The van der Waals surface area contributed by atoms with E-state index in [1.807, 2.05) is 0 Å². The molecule has 0 saturated carbocycles. The Morgan fingerprint density at radius 3 is 2.43 bits per heavy atom. The summed E-state index contributed by atoms with van der Waals surface area (Å²) in [6.07, 6.45) is 3.14. The van der Waals surface area contributed by atoms with Crippen molar-refractivity contribution >= 4 is 11.6 Å². The fraction of sp³-hybridized carbons (Fsp3) is 0.682.